The van der Waals surface area contributed by atoms with Gasteiger partial charge < -0.3 is 5.32 Å². The Balaban J connectivity index is 2.16. The molecular weight excluding hydrogens is 312 g/mol. The molecule has 0 fully saturated rings. The summed E-state index contributed by atoms with van der Waals surface area (Å²) >= 11 is 3.33. The highest BCUT2D eigenvalue weighted by Gasteiger charge is 2.17. The summed E-state index contributed by atoms with van der Waals surface area (Å²) in [5.41, 5.74) is 1.21. The highest BCUT2D eigenvalue weighted by atomic mass is 32.1. The fraction of sp³-hybridized carbons (Fsp3) is 0.312. The zero-order valence-electron chi connectivity index (χ0n) is 12.7. The molecule has 0 spiro atoms. The minimum Gasteiger partial charge on any atom is -0.366 e. The van der Waals surface area contributed by atoms with Crippen molar-refractivity contribution >= 4 is 38.7 Å². The summed E-state index contributed by atoms with van der Waals surface area (Å²) in [4.78, 5) is 12.8. The van der Waals surface area contributed by atoms with Crippen molar-refractivity contribution in [1.29, 1.82) is 5.26 Å². The van der Waals surface area contributed by atoms with E-state index in [1.807, 2.05) is 24.4 Å². The first-order chi connectivity index (χ1) is 10.6. The number of hydrogen-bond acceptors (Lipinski definition) is 6. The Bertz CT molecular complexity index is 843. The second-order valence-corrected chi connectivity index (χ2v) is 7.40. The largest absolute Gasteiger partial charge is 0.366 e. The van der Waals surface area contributed by atoms with Crippen LogP contribution in [-0.2, 0) is 0 Å². The van der Waals surface area contributed by atoms with Gasteiger partial charge in [0, 0.05) is 10.9 Å². The summed E-state index contributed by atoms with van der Waals surface area (Å²) in [6, 6.07) is 6.28. The van der Waals surface area contributed by atoms with Crippen LogP contribution in [0.5, 0.6) is 0 Å². The van der Waals surface area contributed by atoms with Gasteiger partial charge in [-0.15, -0.1) is 22.7 Å². The van der Waals surface area contributed by atoms with Crippen LogP contribution in [0.4, 0.5) is 5.82 Å². The minimum atomic E-state index is 0.0545. The number of nitrogens with one attached hydrogen (secondary N) is 1. The lowest BCUT2D eigenvalue weighted by atomic mass is 10.2. The maximum atomic E-state index is 8.87. The Kier molecular flexibility index (Phi) is 4.10. The van der Waals surface area contributed by atoms with Gasteiger partial charge in [0.2, 0.25) is 0 Å². The van der Waals surface area contributed by atoms with Gasteiger partial charge >= 0.3 is 0 Å². The van der Waals surface area contributed by atoms with Gasteiger partial charge in [-0.2, -0.15) is 5.26 Å². The number of nitriles is 1. The third kappa shape index (κ3) is 2.70. The zero-order valence-corrected chi connectivity index (χ0v) is 14.3. The van der Waals surface area contributed by atoms with Crippen molar-refractivity contribution in [2.45, 2.75) is 33.2 Å². The van der Waals surface area contributed by atoms with Crippen LogP contribution in [0.15, 0.2) is 17.5 Å². The molecule has 0 amide bonds. The lowest BCUT2D eigenvalue weighted by molar-refractivity contribution is 0.816. The third-order valence-electron chi connectivity index (χ3n) is 3.55. The van der Waals surface area contributed by atoms with Crippen molar-refractivity contribution in [3.63, 3.8) is 0 Å². The van der Waals surface area contributed by atoms with Gasteiger partial charge in [0.15, 0.2) is 5.82 Å². The Morgan fingerprint density at radius 3 is 2.86 bits per heavy atom. The normalized spacial score (nSPS) is 12.3. The molecule has 3 rings (SSSR count). The molecule has 4 nitrogen and oxygen atoms in total. The Morgan fingerprint density at radius 2 is 2.18 bits per heavy atom. The average molecular weight is 328 g/mol. The number of rotatable bonds is 4. The van der Waals surface area contributed by atoms with E-state index in [1.54, 1.807) is 22.7 Å². The van der Waals surface area contributed by atoms with Gasteiger partial charge in [0.05, 0.1) is 22.8 Å². The molecule has 0 saturated carbocycles. The van der Waals surface area contributed by atoms with E-state index >= 15 is 0 Å². The van der Waals surface area contributed by atoms with Crippen LogP contribution in [0.25, 0.3) is 20.9 Å². The molecule has 0 saturated heterocycles. The lowest BCUT2D eigenvalue weighted by Gasteiger charge is -2.13. The Labute approximate surface area is 137 Å². The highest BCUT2D eigenvalue weighted by Crippen LogP contribution is 2.36. The van der Waals surface area contributed by atoms with E-state index in [2.05, 4.69) is 25.2 Å². The maximum Gasteiger partial charge on any atom is 0.173 e. The molecule has 1 atom stereocenters. The molecule has 0 aliphatic rings. The van der Waals surface area contributed by atoms with Gasteiger partial charge in [-0.3, -0.25) is 0 Å². The number of aromatic nitrogens is 2. The van der Waals surface area contributed by atoms with Gasteiger partial charge in [-0.05, 0) is 37.8 Å². The van der Waals surface area contributed by atoms with Crippen LogP contribution in [0.3, 0.4) is 0 Å². The lowest BCUT2D eigenvalue weighted by Crippen LogP contribution is -2.15. The topological polar surface area (TPSA) is 61.6 Å². The minimum absolute atomic E-state index is 0.0545. The molecule has 0 aliphatic carbocycles. The van der Waals surface area contributed by atoms with Crippen molar-refractivity contribution in [3.05, 3.63) is 28.0 Å². The van der Waals surface area contributed by atoms with Crippen LogP contribution < -0.4 is 5.32 Å². The van der Waals surface area contributed by atoms with Gasteiger partial charge in [-0.25, -0.2) is 9.97 Å². The molecule has 112 valence electrons. The molecule has 1 unspecified atom stereocenters. The number of anilines is 1. The molecule has 6 heteroatoms. The first-order valence-electron chi connectivity index (χ1n) is 7.05. The van der Waals surface area contributed by atoms with E-state index in [9.17, 15) is 0 Å². The number of aryl methyl sites for hydroxylation is 2. The number of nitrogens with zero attached hydrogens (tertiary/aromatic N) is 3. The summed E-state index contributed by atoms with van der Waals surface area (Å²) in [6.07, 6.45) is 0.446. The summed E-state index contributed by atoms with van der Waals surface area (Å²) in [6.45, 7) is 6.20. The van der Waals surface area contributed by atoms with E-state index < -0.39 is 0 Å². The quantitative estimate of drug-likeness (QED) is 0.750. The molecule has 3 aromatic heterocycles. The van der Waals surface area contributed by atoms with Crippen molar-refractivity contribution in [3.8, 4) is 16.8 Å². The fourth-order valence-electron chi connectivity index (χ4n) is 2.29. The van der Waals surface area contributed by atoms with Crippen LogP contribution in [0, 0.1) is 25.2 Å². The summed E-state index contributed by atoms with van der Waals surface area (Å²) < 4.78 is 0. The average Bonchev–Trinajstić information content (AvgIpc) is 3.08. The van der Waals surface area contributed by atoms with Crippen molar-refractivity contribution < 1.29 is 0 Å². The summed E-state index contributed by atoms with van der Waals surface area (Å²) in [5.74, 6) is 1.58. The van der Waals surface area contributed by atoms with Gasteiger partial charge in [0.1, 0.15) is 10.6 Å². The third-order valence-corrected chi connectivity index (χ3v) is 5.52. The molecule has 1 N–H and O–H groups in total. The predicted molar refractivity (Wildman–Crippen MR) is 93.5 cm³/mol. The SMILES string of the molecule is Cc1sc2nc(-c3cccs3)nc(NC(C)CC#N)c2c1C. The number of thiophene rings is 2. The molecular formula is C16H16N4S2. The monoisotopic (exact) mass is 328 g/mol. The summed E-state index contributed by atoms with van der Waals surface area (Å²) in [7, 11) is 0. The molecule has 3 heterocycles. The molecule has 22 heavy (non-hydrogen) atoms. The Morgan fingerprint density at radius 1 is 1.36 bits per heavy atom. The van der Waals surface area contributed by atoms with Crippen molar-refractivity contribution in [2.75, 3.05) is 5.32 Å². The fourth-order valence-corrected chi connectivity index (χ4v) is 3.98. The first kappa shape index (κ1) is 14.9. The second-order valence-electron chi connectivity index (χ2n) is 5.24. The van der Waals surface area contributed by atoms with E-state index in [0.29, 0.717) is 6.42 Å². The van der Waals surface area contributed by atoms with Crippen molar-refractivity contribution in [1.82, 2.24) is 9.97 Å². The van der Waals surface area contributed by atoms with Gasteiger partial charge in [-0.1, -0.05) is 6.07 Å². The molecule has 0 aliphatic heterocycles. The standard InChI is InChI=1S/C16H16N4S2/c1-9(6-7-17)18-15-13-10(2)11(3)22-16(13)20-14(19-15)12-5-4-8-21-12/h4-5,8-9H,6H2,1-3H3,(H,18,19,20). The highest BCUT2D eigenvalue weighted by molar-refractivity contribution is 7.19. The smallest absolute Gasteiger partial charge is 0.173 e. The van der Waals surface area contributed by atoms with Crippen LogP contribution in [0.1, 0.15) is 23.8 Å². The number of hydrogen-bond donors (Lipinski definition) is 1. The van der Waals surface area contributed by atoms with E-state index in [0.717, 1.165) is 26.7 Å². The van der Waals surface area contributed by atoms with E-state index in [1.165, 1.54) is 10.4 Å². The zero-order chi connectivity index (χ0) is 15.7. The molecule has 0 radical (unpaired) electrons. The van der Waals surface area contributed by atoms with E-state index in [-0.39, 0.29) is 6.04 Å². The predicted octanol–water partition coefficient (Wildman–Crippen LogP) is 4.75. The maximum absolute atomic E-state index is 8.87. The number of fused-ring (bicyclic) bond motifs is 1. The second kappa shape index (κ2) is 6.03. The molecule has 0 aromatic carbocycles. The molecule has 3 aromatic rings. The first-order valence-corrected chi connectivity index (χ1v) is 8.75. The van der Waals surface area contributed by atoms with Crippen LogP contribution >= 0.6 is 22.7 Å². The molecule has 0 bridgehead atoms. The van der Waals surface area contributed by atoms with Gasteiger partial charge in [0.25, 0.3) is 0 Å². The Hall–Kier alpha value is -1.97. The van der Waals surface area contributed by atoms with Crippen LogP contribution in [-0.4, -0.2) is 16.0 Å². The summed E-state index contributed by atoms with van der Waals surface area (Å²) in [5, 5.41) is 15.4. The van der Waals surface area contributed by atoms with Crippen LogP contribution in [0.2, 0.25) is 0 Å². The van der Waals surface area contributed by atoms with E-state index in [4.69, 9.17) is 15.2 Å². The van der Waals surface area contributed by atoms with Crippen molar-refractivity contribution in [2.24, 2.45) is 0 Å².